The minimum absolute atomic E-state index is 0.0499. The van der Waals surface area contributed by atoms with Crippen molar-refractivity contribution < 1.29 is 13.9 Å². The molecule has 0 aromatic heterocycles. The van der Waals surface area contributed by atoms with E-state index in [-0.39, 0.29) is 22.6 Å². The van der Waals surface area contributed by atoms with Gasteiger partial charge >= 0.3 is 0 Å². The number of hydrogen-bond donors (Lipinski definition) is 0. The number of nitrogens with zero attached hydrogens (tertiary/aromatic N) is 2. The Morgan fingerprint density at radius 3 is 2.42 bits per heavy atom. The van der Waals surface area contributed by atoms with Crippen molar-refractivity contribution in [2.75, 3.05) is 31.1 Å². The number of anilines is 1. The lowest BCUT2D eigenvalue weighted by molar-refractivity contribution is 0.0742. The molecule has 2 aromatic rings. The molecule has 26 heavy (non-hydrogen) atoms. The van der Waals surface area contributed by atoms with Crippen molar-refractivity contribution in [2.45, 2.75) is 20.0 Å². The Hall–Kier alpha value is -2.27. The van der Waals surface area contributed by atoms with E-state index in [1.54, 1.807) is 4.90 Å². The minimum atomic E-state index is -0.583. The molecule has 0 N–H and O–H groups in total. The van der Waals surface area contributed by atoms with Crippen LogP contribution in [0.1, 0.15) is 24.2 Å². The number of amides is 1. The number of rotatable bonds is 4. The summed E-state index contributed by atoms with van der Waals surface area (Å²) < 4.78 is 19.9. The van der Waals surface area contributed by atoms with E-state index in [1.165, 1.54) is 18.2 Å². The van der Waals surface area contributed by atoms with Crippen molar-refractivity contribution in [1.82, 2.24) is 4.90 Å². The fraction of sp³-hybridized carbons (Fsp3) is 0.350. The highest BCUT2D eigenvalue weighted by atomic mass is 35.5. The Morgan fingerprint density at radius 2 is 1.77 bits per heavy atom. The molecule has 4 nitrogen and oxygen atoms in total. The Morgan fingerprint density at radius 1 is 1.08 bits per heavy atom. The van der Waals surface area contributed by atoms with Crippen molar-refractivity contribution in [1.29, 1.82) is 0 Å². The molecule has 0 atom stereocenters. The molecule has 0 spiro atoms. The van der Waals surface area contributed by atoms with Crippen LogP contribution in [0.2, 0.25) is 5.02 Å². The molecule has 1 aliphatic rings. The van der Waals surface area contributed by atoms with E-state index in [0.717, 1.165) is 11.4 Å². The lowest BCUT2D eigenvalue weighted by atomic mass is 10.1. The topological polar surface area (TPSA) is 32.8 Å². The molecule has 138 valence electrons. The average Bonchev–Trinajstić information content (AvgIpc) is 2.61. The van der Waals surface area contributed by atoms with Crippen LogP contribution in [-0.4, -0.2) is 43.1 Å². The van der Waals surface area contributed by atoms with E-state index in [9.17, 15) is 9.18 Å². The molecule has 0 unspecified atom stereocenters. The molecule has 1 saturated heterocycles. The van der Waals surface area contributed by atoms with Crippen LogP contribution in [0.5, 0.6) is 5.75 Å². The molecule has 2 aromatic carbocycles. The molecule has 1 aliphatic heterocycles. The van der Waals surface area contributed by atoms with Crippen molar-refractivity contribution in [3.8, 4) is 5.75 Å². The van der Waals surface area contributed by atoms with Gasteiger partial charge in [0.25, 0.3) is 5.91 Å². The first-order valence-corrected chi connectivity index (χ1v) is 9.09. The number of hydrogen-bond acceptors (Lipinski definition) is 3. The maximum atomic E-state index is 14.0. The Balaban J connectivity index is 1.71. The molecule has 3 rings (SSSR count). The van der Waals surface area contributed by atoms with Crippen LogP contribution in [0.3, 0.4) is 0 Å². The van der Waals surface area contributed by atoms with Crippen molar-refractivity contribution in [3.63, 3.8) is 0 Å². The molecule has 1 heterocycles. The van der Waals surface area contributed by atoms with Gasteiger partial charge in [0.05, 0.1) is 22.4 Å². The van der Waals surface area contributed by atoms with Gasteiger partial charge in [-0.2, -0.15) is 0 Å². The molecule has 1 fully saturated rings. The minimum Gasteiger partial charge on any atom is -0.489 e. The first kappa shape index (κ1) is 18.5. The SMILES string of the molecule is CC(C)Oc1ccccc1N1CCN(C(=O)c2c(F)cccc2Cl)CC1. The zero-order valence-electron chi connectivity index (χ0n) is 14.9. The second-order valence-corrected chi connectivity index (χ2v) is 6.92. The van der Waals surface area contributed by atoms with Gasteiger partial charge in [-0.25, -0.2) is 4.39 Å². The Bertz CT molecular complexity index is 769. The van der Waals surface area contributed by atoms with Gasteiger partial charge in [0.2, 0.25) is 0 Å². The molecule has 1 amide bonds. The quantitative estimate of drug-likeness (QED) is 0.800. The number of ether oxygens (including phenoxy) is 1. The summed E-state index contributed by atoms with van der Waals surface area (Å²) >= 11 is 6.02. The first-order valence-electron chi connectivity index (χ1n) is 8.71. The van der Waals surface area contributed by atoms with Crippen LogP contribution >= 0.6 is 11.6 Å². The highest BCUT2D eigenvalue weighted by molar-refractivity contribution is 6.33. The summed E-state index contributed by atoms with van der Waals surface area (Å²) in [6.45, 7) is 6.28. The lowest BCUT2D eigenvalue weighted by Gasteiger charge is -2.37. The second-order valence-electron chi connectivity index (χ2n) is 6.51. The van der Waals surface area contributed by atoms with Crippen molar-refractivity contribution in [2.24, 2.45) is 0 Å². The molecular weight excluding hydrogens is 355 g/mol. The molecule has 6 heteroatoms. The fourth-order valence-corrected chi connectivity index (χ4v) is 3.33. The average molecular weight is 377 g/mol. The summed E-state index contributed by atoms with van der Waals surface area (Å²) in [5, 5.41) is 0.146. The van der Waals surface area contributed by atoms with E-state index >= 15 is 0 Å². The van der Waals surface area contributed by atoms with Gasteiger partial charge in [0.15, 0.2) is 0 Å². The Labute approximate surface area is 158 Å². The van der Waals surface area contributed by atoms with Gasteiger partial charge < -0.3 is 14.5 Å². The summed E-state index contributed by atoms with van der Waals surface area (Å²) in [4.78, 5) is 16.5. The van der Waals surface area contributed by atoms with Crippen LogP contribution < -0.4 is 9.64 Å². The summed E-state index contributed by atoms with van der Waals surface area (Å²) in [6.07, 6.45) is 0.0854. The predicted octanol–water partition coefficient (Wildman–Crippen LogP) is 4.23. The molecule has 0 radical (unpaired) electrons. The van der Waals surface area contributed by atoms with Gasteiger partial charge in [-0.1, -0.05) is 29.8 Å². The van der Waals surface area contributed by atoms with Gasteiger partial charge in [-0.15, -0.1) is 0 Å². The number of halogens is 2. The summed E-state index contributed by atoms with van der Waals surface area (Å²) in [7, 11) is 0. The van der Waals surface area contributed by atoms with Crippen molar-refractivity contribution >= 4 is 23.2 Å². The largest absolute Gasteiger partial charge is 0.489 e. The monoisotopic (exact) mass is 376 g/mol. The third kappa shape index (κ3) is 3.93. The van der Waals surface area contributed by atoms with E-state index in [1.807, 2.05) is 38.1 Å². The van der Waals surface area contributed by atoms with Crippen LogP contribution in [0.25, 0.3) is 0 Å². The molecule has 0 saturated carbocycles. The van der Waals surface area contributed by atoms with Crippen LogP contribution in [0, 0.1) is 5.82 Å². The highest BCUT2D eigenvalue weighted by Gasteiger charge is 2.26. The summed E-state index contributed by atoms with van der Waals surface area (Å²) in [5.74, 6) is -0.112. The number of carbonyl (C=O) groups excluding carboxylic acids is 1. The van der Waals surface area contributed by atoms with Crippen LogP contribution in [0.15, 0.2) is 42.5 Å². The molecular formula is C20H22ClFN2O2. The zero-order chi connectivity index (χ0) is 18.7. The zero-order valence-corrected chi connectivity index (χ0v) is 15.7. The van der Waals surface area contributed by atoms with Crippen molar-refractivity contribution in [3.05, 3.63) is 58.9 Å². The maximum Gasteiger partial charge on any atom is 0.258 e. The van der Waals surface area contributed by atoms with Gasteiger partial charge in [0.1, 0.15) is 11.6 Å². The number of carbonyl (C=O) groups is 1. The van der Waals surface area contributed by atoms with Gasteiger partial charge in [-0.05, 0) is 38.1 Å². The second kappa shape index (κ2) is 7.96. The van der Waals surface area contributed by atoms with Gasteiger partial charge in [-0.3, -0.25) is 4.79 Å². The number of para-hydroxylation sites is 2. The Kier molecular flexibility index (Phi) is 5.67. The number of benzene rings is 2. The fourth-order valence-electron chi connectivity index (χ4n) is 3.08. The van der Waals surface area contributed by atoms with Crippen LogP contribution in [0.4, 0.5) is 10.1 Å². The van der Waals surface area contributed by atoms with E-state index in [0.29, 0.717) is 26.2 Å². The van der Waals surface area contributed by atoms with E-state index in [4.69, 9.17) is 16.3 Å². The first-order chi connectivity index (χ1) is 12.5. The molecule has 0 bridgehead atoms. The normalized spacial score (nSPS) is 14.7. The predicted molar refractivity (Wildman–Crippen MR) is 102 cm³/mol. The summed E-state index contributed by atoms with van der Waals surface area (Å²) in [6, 6.07) is 12.2. The standard InChI is InChI=1S/C20H22ClFN2O2/c1-14(2)26-18-9-4-3-8-17(18)23-10-12-24(13-11-23)20(25)19-15(21)6-5-7-16(19)22/h3-9,14H,10-13H2,1-2H3. The lowest BCUT2D eigenvalue weighted by Crippen LogP contribution is -2.49. The van der Waals surface area contributed by atoms with E-state index < -0.39 is 5.82 Å². The van der Waals surface area contributed by atoms with Crippen LogP contribution in [-0.2, 0) is 0 Å². The number of piperazine rings is 1. The highest BCUT2D eigenvalue weighted by Crippen LogP contribution is 2.30. The van der Waals surface area contributed by atoms with E-state index in [2.05, 4.69) is 4.90 Å². The van der Waals surface area contributed by atoms with Gasteiger partial charge in [0, 0.05) is 26.2 Å². The third-order valence-corrected chi connectivity index (χ3v) is 4.63. The molecule has 0 aliphatic carbocycles. The third-order valence-electron chi connectivity index (χ3n) is 4.31. The maximum absolute atomic E-state index is 14.0. The smallest absolute Gasteiger partial charge is 0.258 e. The summed E-state index contributed by atoms with van der Waals surface area (Å²) in [5.41, 5.74) is 0.961.